The molecule has 0 aromatic carbocycles. The van der Waals surface area contributed by atoms with Crippen molar-refractivity contribution in [3.63, 3.8) is 0 Å². The first-order valence-electron chi connectivity index (χ1n) is 5.36. The number of nitrogens with two attached hydrogens (primary N) is 1. The van der Waals surface area contributed by atoms with E-state index < -0.39 is 32.8 Å². The van der Waals surface area contributed by atoms with Crippen LogP contribution in [0.1, 0.15) is 12.8 Å². The van der Waals surface area contributed by atoms with Gasteiger partial charge < -0.3 is 5.73 Å². The van der Waals surface area contributed by atoms with Crippen LogP contribution in [0, 0.1) is 5.82 Å². The Morgan fingerprint density at radius 3 is 2.89 bits per heavy atom. The Hall–Kier alpha value is -1.54. The molecule has 18 heavy (non-hydrogen) atoms. The minimum Gasteiger partial charge on any atom is -0.368 e. The number of nitrogens with zero attached hydrogens (tertiary/aromatic N) is 2. The van der Waals surface area contributed by atoms with Crippen molar-refractivity contribution in [3.05, 3.63) is 24.1 Å². The number of carbonyl (C=O) groups excluding carboxylic acids is 1. The molecule has 0 bridgehead atoms. The fraction of sp³-hybridized carbons (Fsp3) is 0.400. The van der Waals surface area contributed by atoms with Crippen molar-refractivity contribution in [3.8, 4) is 0 Å². The molecule has 1 unspecified atom stereocenters. The Morgan fingerprint density at radius 2 is 2.28 bits per heavy atom. The number of carbonyl (C=O) groups is 1. The maximum Gasteiger partial charge on any atom is 0.264 e. The van der Waals surface area contributed by atoms with Gasteiger partial charge in [0.15, 0.2) is 5.82 Å². The van der Waals surface area contributed by atoms with Crippen LogP contribution >= 0.6 is 0 Å². The number of hydrogen-bond donors (Lipinski definition) is 1. The maximum atomic E-state index is 13.5. The van der Waals surface area contributed by atoms with Crippen LogP contribution < -0.4 is 5.73 Å². The summed E-state index contributed by atoms with van der Waals surface area (Å²) in [5.41, 5.74) is 5.14. The number of hydrogen-bond acceptors (Lipinski definition) is 4. The van der Waals surface area contributed by atoms with Crippen LogP contribution in [0.5, 0.6) is 0 Å². The molecule has 1 amide bonds. The molecule has 1 aromatic rings. The molecule has 1 aliphatic rings. The zero-order chi connectivity index (χ0) is 13.3. The molecular formula is C10H12FN3O3S. The van der Waals surface area contributed by atoms with Gasteiger partial charge in [-0.25, -0.2) is 17.8 Å². The van der Waals surface area contributed by atoms with Crippen LogP contribution in [0.4, 0.5) is 4.39 Å². The van der Waals surface area contributed by atoms with E-state index in [0.29, 0.717) is 12.8 Å². The minimum atomic E-state index is -4.12. The smallest absolute Gasteiger partial charge is 0.264 e. The number of rotatable bonds is 3. The lowest BCUT2D eigenvalue weighted by Gasteiger charge is -2.21. The monoisotopic (exact) mass is 273 g/mol. The summed E-state index contributed by atoms with van der Waals surface area (Å²) >= 11 is 0. The molecule has 98 valence electrons. The van der Waals surface area contributed by atoms with Crippen LogP contribution in [0.15, 0.2) is 23.4 Å². The van der Waals surface area contributed by atoms with E-state index in [-0.39, 0.29) is 6.54 Å². The standard InChI is InChI=1S/C10H12FN3O3S/c11-7-3-1-5-13-10(7)18(16,17)14-6-2-4-8(14)9(12)15/h1,3,5,8H,2,4,6H2,(H2,12,15). The van der Waals surface area contributed by atoms with Crippen molar-refractivity contribution in [1.29, 1.82) is 0 Å². The summed E-state index contributed by atoms with van der Waals surface area (Å²) < 4.78 is 38.8. The van der Waals surface area contributed by atoms with Crippen LogP contribution in [0.3, 0.4) is 0 Å². The molecule has 2 N–H and O–H groups in total. The Bertz CT molecular complexity index is 575. The van der Waals surface area contributed by atoms with E-state index in [0.717, 1.165) is 10.4 Å². The molecule has 0 aliphatic carbocycles. The zero-order valence-electron chi connectivity index (χ0n) is 9.41. The maximum absolute atomic E-state index is 13.5. The Labute approximate surface area is 104 Å². The number of halogens is 1. The summed E-state index contributed by atoms with van der Waals surface area (Å²) in [5, 5.41) is -0.668. The minimum absolute atomic E-state index is 0.145. The lowest BCUT2D eigenvalue weighted by atomic mass is 10.2. The van der Waals surface area contributed by atoms with E-state index >= 15 is 0 Å². The number of pyridine rings is 1. The van der Waals surface area contributed by atoms with Crippen molar-refractivity contribution >= 4 is 15.9 Å². The van der Waals surface area contributed by atoms with E-state index in [1.165, 1.54) is 12.3 Å². The van der Waals surface area contributed by atoms with Gasteiger partial charge in [0.2, 0.25) is 10.9 Å². The molecule has 1 atom stereocenters. The van der Waals surface area contributed by atoms with Crippen LogP contribution in [-0.2, 0) is 14.8 Å². The molecule has 2 rings (SSSR count). The summed E-state index contributed by atoms with van der Waals surface area (Å²) in [6.45, 7) is 0.145. The van der Waals surface area contributed by atoms with Gasteiger partial charge >= 0.3 is 0 Å². The number of sulfonamides is 1. The highest BCUT2D eigenvalue weighted by molar-refractivity contribution is 7.89. The Morgan fingerprint density at radius 1 is 1.56 bits per heavy atom. The summed E-state index contributed by atoms with van der Waals surface area (Å²) in [6, 6.07) is 1.38. The molecule has 1 saturated heterocycles. The van der Waals surface area contributed by atoms with Gasteiger partial charge in [0, 0.05) is 12.7 Å². The number of aromatic nitrogens is 1. The van der Waals surface area contributed by atoms with Gasteiger partial charge in [-0.05, 0) is 25.0 Å². The van der Waals surface area contributed by atoms with Crippen molar-refractivity contribution in [2.45, 2.75) is 23.9 Å². The molecule has 6 nitrogen and oxygen atoms in total. The summed E-state index contributed by atoms with van der Waals surface area (Å²) in [5.74, 6) is -1.67. The van der Waals surface area contributed by atoms with Crippen LogP contribution in [-0.4, -0.2) is 36.2 Å². The fourth-order valence-electron chi connectivity index (χ4n) is 1.98. The Kier molecular flexibility index (Phi) is 3.31. The van der Waals surface area contributed by atoms with Crippen molar-refractivity contribution in [2.24, 2.45) is 5.73 Å². The van der Waals surface area contributed by atoms with Gasteiger partial charge in [-0.1, -0.05) is 0 Å². The van der Waals surface area contributed by atoms with Gasteiger partial charge in [0.25, 0.3) is 10.0 Å². The molecule has 0 spiro atoms. The van der Waals surface area contributed by atoms with Crippen LogP contribution in [0.2, 0.25) is 0 Å². The molecule has 1 aromatic heterocycles. The molecule has 0 radical (unpaired) electrons. The predicted molar refractivity (Wildman–Crippen MR) is 60.3 cm³/mol. The quantitative estimate of drug-likeness (QED) is 0.829. The SMILES string of the molecule is NC(=O)C1CCCN1S(=O)(=O)c1ncccc1F. The van der Waals surface area contributed by atoms with Gasteiger partial charge in [-0.15, -0.1) is 0 Å². The molecule has 1 aliphatic heterocycles. The van der Waals surface area contributed by atoms with E-state index in [4.69, 9.17) is 5.73 Å². The summed E-state index contributed by atoms with van der Waals surface area (Å²) in [4.78, 5) is 14.7. The summed E-state index contributed by atoms with van der Waals surface area (Å²) in [7, 11) is -4.12. The first-order chi connectivity index (χ1) is 8.44. The van der Waals surface area contributed by atoms with Crippen molar-refractivity contribution < 1.29 is 17.6 Å². The van der Waals surface area contributed by atoms with Crippen molar-refractivity contribution in [2.75, 3.05) is 6.54 Å². The second kappa shape index (κ2) is 4.62. The third-order valence-corrected chi connectivity index (χ3v) is 4.65. The zero-order valence-corrected chi connectivity index (χ0v) is 10.2. The lowest BCUT2D eigenvalue weighted by Crippen LogP contribution is -2.44. The highest BCUT2D eigenvalue weighted by Gasteiger charge is 2.40. The predicted octanol–water partition coefficient (Wildman–Crippen LogP) is -0.141. The van der Waals surface area contributed by atoms with Crippen molar-refractivity contribution in [1.82, 2.24) is 9.29 Å². The highest BCUT2D eigenvalue weighted by atomic mass is 32.2. The molecular weight excluding hydrogens is 261 g/mol. The van der Waals surface area contributed by atoms with E-state index in [1.807, 2.05) is 0 Å². The molecule has 1 fully saturated rings. The fourth-order valence-corrected chi connectivity index (χ4v) is 3.63. The van der Waals surface area contributed by atoms with Gasteiger partial charge in [-0.2, -0.15) is 4.31 Å². The topological polar surface area (TPSA) is 93.4 Å². The van der Waals surface area contributed by atoms with E-state index in [1.54, 1.807) is 0 Å². The average Bonchev–Trinajstić information content (AvgIpc) is 2.78. The number of primary amides is 1. The highest BCUT2D eigenvalue weighted by Crippen LogP contribution is 2.25. The lowest BCUT2D eigenvalue weighted by molar-refractivity contribution is -0.121. The third-order valence-electron chi connectivity index (χ3n) is 2.81. The normalized spacial score (nSPS) is 21.1. The average molecular weight is 273 g/mol. The second-order valence-corrected chi connectivity index (χ2v) is 5.77. The first kappa shape index (κ1) is 12.9. The molecule has 0 saturated carbocycles. The van der Waals surface area contributed by atoms with E-state index in [2.05, 4.69) is 4.98 Å². The molecule has 8 heteroatoms. The molecule has 2 heterocycles. The summed E-state index contributed by atoms with van der Waals surface area (Å²) in [6.07, 6.45) is 2.05. The van der Waals surface area contributed by atoms with Gasteiger partial charge in [0.05, 0.1) is 0 Å². The van der Waals surface area contributed by atoms with Gasteiger partial charge in [-0.3, -0.25) is 4.79 Å². The van der Waals surface area contributed by atoms with Crippen LogP contribution in [0.25, 0.3) is 0 Å². The second-order valence-electron chi connectivity index (χ2n) is 3.97. The third kappa shape index (κ3) is 2.08. The Balaban J connectivity index is 2.43. The van der Waals surface area contributed by atoms with E-state index in [9.17, 15) is 17.6 Å². The largest absolute Gasteiger partial charge is 0.368 e. The number of amides is 1. The van der Waals surface area contributed by atoms with Gasteiger partial charge in [0.1, 0.15) is 6.04 Å². The first-order valence-corrected chi connectivity index (χ1v) is 6.80.